The third-order valence-corrected chi connectivity index (χ3v) is 7.56. The van der Waals surface area contributed by atoms with E-state index in [0.29, 0.717) is 13.2 Å². The highest BCUT2D eigenvalue weighted by Crippen LogP contribution is 2.27. The Kier molecular flexibility index (Phi) is 7.79. The van der Waals surface area contributed by atoms with Gasteiger partial charge in [0.25, 0.3) is 5.91 Å². The number of carbonyl (C=O) groups is 1. The molecule has 0 atom stereocenters. The van der Waals surface area contributed by atoms with E-state index < -0.39 is 0 Å². The van der Waals surface area contributed by atoms with Gasteiger partial charge in [0.05, 0.1) is 0 Å². The van der Waals surface area contributed by atoms with E-state index >= 15 is 0 Å². The fraction of sp³-hybridized carbons (Fsp3) is 0.536. The van der Waals surface area contributed by atoms with Gasteiger partial charge in [0.1, 0.15) is 12.4 Å². The van der Waals surface area contributed by atoms with Crippen molar-refractivity contribution in [3.63, 3.8) is 0 Å². The number of fused-ring (bicyclic) bond motifs is 1. The maximum absolute atomic E-state index is 11.8. The van der Waals surface area contributed by atoms with E-state index in [2.05, 4.69) is 44.7 Å². The Hall–Kier alpha value is -2.41. The van der Waals surface area contributed by atoms with Gasteiger partial charge in [-0.3, -0.25) is 14.6 Å². The summed E-state index contributed by atoms with van der Waals surface area (Å²) in [5.74, 6) is 0.786. The van der Waals surface area contributed by atoms with Crippen molar-refractivity contribution in [2.45, 2.75) is 57.8 Å². The average molecular weight is 463 g/mol. The molecule has 1 saturated carbocycles. The van der Waals surface area contributed by atoms with E-state index in [1.54, 1.807) is 0 Å². The summed E-state index contributed by atoms with van der Waals surface area (Å²) in [5, 5.41) is 6.64. The number of amides is 1. The van der Waals surface area contributed by atoms with Gasteiger partial charge in [0.2, 0.25) is 0 Å². The van der Waals surface area contributed by atoms with Gasteiger partial charge in [0.15, 0.2) is 0 Å². The lowest BCUT2D eigenvalue weighted by molar-refractivity contribution is 0.0965. The highest BCUT2D eigenvalue weighted by atomic mass is 16.5. The van der Waals surface area contributed by atoms with Gasteiger partial charge in [-0.05, 0) is 36.1 Å². The number of nitrogens with one attached hydrogen (secondary N) is 2. The first kappa shape index (κ1) is 23.3. The molecule has 1 aliphatic carbocycles. The zero-order chi connectivity index (χ0) is 23.2. The van der Waals surface area contributed by atoms with E-state index in [0.717, 1.165) is 67.8 Å². The Morgan fingerprint density at radius 1 is 0.912 bits per heavy atom. The summed E-state index contributed by atoms with van der Waals surface area (Å²) in [7, 11) is 0. The van der Waals surface area contributed by atoms with E-state index in [4.69, 9.17) is 4.74 Å². The summed E-state index contributed by atoms with van der Waals surface area (Å²) in [4.78, 5) is 17.0. The first-order valence-corrected chi connectivity index (χ1v) is 13.0. The Bertz CT molecular complexity index is 947. The van der Waals surface area contributed by atoms with E-state index in [9.17, 15) is 4.79 Å². The second kappa shape index (κ2) is 11.3. The number of hydrogen-bond donors (Lipinski definition) is 2. The first-order valence-electron chi connectivity index (χ1n) is 13.0. The lowest BCUT2D eigenvalue weighted by atomic mass is 9.95. The van der Waals surface area contributed by atoms with Crippen LogP contribution < -0.4 is 15.4 Å². The minimum absolute atomic E-state index is 0.0123. The van der Waals surface area contributed by atoms with Gasteiger partial charge in [-0.1, -0.05) is 49.6 Å². The first-order chi connectivity index (χ1) is 16.7. The third kappa shape index (κ3) is 5.98. The fourth-order valence-corrected chi connectivity index (χ4v) is 5.42. The minimum Gasteiger partial charge on any atom is -0.489 e. The van der Waals surface area contributed by atoms with E-state index in [1.807, 2.05) is 18.2 Å². The summed E-state index contributed by atoms with van der Waals surface area (Å²) in [6, 6.07) is 15.2. The smallest absolute Gasteiger partial charge is 0.252 e. The summed E-state index contributed by atoms with van der Waals surface area (Å²) in [5.41, 5.74) is 4.20. The summed E-state index contributed by atoms with van der Waals surface area (Å²) < 4.78 is 6.04. The second-order valence-electron chi connectivity index (χ2n) is 9.98. The molecule has 0 unspecified atom stereocenters. The zero-order valence-electron chi connectivity index (χ0n) is 20.2. The van der Waals surface area contributed by atoms with Crippen molar-refractivity contribution in [2.24, 2.45) is 0 Å². The molecular weight excluding hydrogens is 424 g/mol. The lowest BCUT2D eigenvalue weighted by Gasteiger charge is -2.35. The normalized spacial score (nSPS) is 19.7. The molecule has 0 aromatic heterocycles. The molecule has 0 spiro atoms. The van der Waals surface area contributed by atoms with Crippen LogP contribution in [-0.4, -0.2) is 61.0 Å². The topological polar surface area (TPSA) is 56.8 Å². The molecule has 6 nitrogen and oxygen atoms in total. The van der Waals surface area contributed by atoms with Crippen LogP contribution in [0.1, 0.15) is 59.2 Å². The van der Waals surface area contributed by atoms with Crippen molar-refractivity contribution in [1.29, 1.82) is 0 Å². The summed E-state index contributed by atoms with van der Waals surface area (Å²) in [6.07, 6.45) is 6.96. The van der Waals surface area contributed by atoms with Crippen LogP contribution in [-0.2, 0) is 19.7 Å². The van der Waals surface area contributed by atoms with Crippen LogP contribution in [0.2, 0.25) is 0 Å². The van der Waals surface area contributed by atoms with Gasteiger partial charge in [-0.15, -0.1) is 0 Å². The predicted octanol–water partition coefficient (Wildman–Crippen LogP) is 3.55. The SMILES string of the molecule is O=C1NCc2c(OCc3ccc(CN4CCN(CCNC5CCCCC5)CC4)cc3)cccc21. The van der Waals surface area contributed by atoms with Crippen LogP contribution in [0.25, 0.3) is 0 Å². The molecule has 0 bridgehead atoms. The van der Waals surface area contributed by atoms with Crippen LogP contribution in [0.5, 0.6) is 5.75 Å². The van der Waals surface area contributed by atoms with Gasteiger partial charge in [0, 0.05) is 69.5 Å². The molecule has 5 rings (SSSR count). The average Bonchev–Trinajstić information content (AvgIpc) is 3.27. The molecule has 182 valence electrons. The van der Waals surface area contributed by atoms with Gasteiger partial charge >= 0.3 is 0 Å². The molecule has 2 aromatic rings. The molecule has 6 heteroatoms. The standard InChI is InChI=1S/C28H38N4O2/c33-28-25-7-4-8-27(26(25)19-30-28)34-21-23-11-9-22(10-12-23)20-32-17-15-31(16-18-32)14-13-29-24-5-2-1-3-6-24/h4,7-12,24,29H,1-3,5-6,13-21H2,(H,30,33). The molecule has 34 heavy (non-hydrogen) atoms. The molecule has 2 N–H and O–H groups in total. The van der Waals surface area contributed by atoms with Gasteiger partial charge in [-0.25, -0.2) is 0 Å². The molecular formula is C28H38N4O2. The van der Waals surface area contributed by atoms with Crippen molar-refractivity contribution < 1.29 is 9.53 Å². The van der Waals surface area contributed by atoms with Crippen LogP contribution >= 0.6 is 0 Å². The molecule has 1 amide bonds. The molecule has 2 fully saturated rings. The van der Waals surface area contributed by atoms with Crippen LogP contribution in [0, 0.1) is 0 Å². The van der Waals surface area contributed by atoms with Crippen molar-refractivity contribution in [2.75, 3.05) is 39.3 Å². The Labute approximate surface area is 203 Å². The van der Waals surface area contributed by atoms with Crippen LogP contribution in [0.4, 0.5) is 0 Å². The van der Waals surface area contributed by atoms with E-state index in [-0.39, 0.29) is 5.91 Å². The number of ether oxygens (including phenoxy) is 1. The molecule has 2 aromatic carbocycles. The van der Waals surface area contributed by atoms with Gasteiger partial charge < -0.3 is 15.4 Å². The molecule has 3 aliphatic rings. The third-order valence-electron chi connectivity index (χ3n) is 7.56. The Morgan fingerprint density at radius 2 is 1.65 bits per heavy atom. The van der Waals surface area contributed by atoms with E-state index in [1.165, 1.54) is 44.2 Å². The Balaban J connectivity index is 1.02. The largest absolute Gasteiger partial charge is 0.489 e. The predicted molar refractivity (Wildman–Crippen MR) is 135 cm³/mol. The van der Waals surface area contributed by atoms with Crippen molar-refractivity contribution >= 4 is 5.91 Å². The summed E-state index contributed by atoms with van der Waals surface area (Å²) >= 11 is 0. The number of benzene rings is 2. The number of rotatable bonds is 9. The minimum atomic E-state index is -0.0123. The number of hydrogen-bond acceptors (Lipinski definition) is 5. The zero-order valence-corrected chi connectivity index (χ0v) is 20.2. The maximum atomic E-state index is 11.8. The monoisotopic (exact) mass is 462 g/mol. The van der Waals surface area contributed by atoms with Crippen LogP contribution in [0.15, 0.2) is 42.5 Å². The quantitative estimate of drug-likeness (QED) is 0.597. The molecule has 2 aliphatic heterocycles. The molecule has 1 saturated heterocycles. The second-order valence-corrected chi connectivity index (χ2v) is 9.98. The lowest BCUT2D eigenvalue weighted by Crippen LogP contribution is -2.48. The fourth-order valence-electron chi connectivity index (χ4n) is 5.42. The van der Waals surface area contributed by atoms with Crippen molar-refractivity contribution in [1.82, 2.24) is 20.4 Å². The maximum Gasteiger partial charge on any atom is 0.252 e. The highest BCUT2D eigenvalue weighted by Gasteiger charge is 2.22. The van der Waals surface area contributed by atoms with Crippen molar-refractivity contribution in [3.05, 3.63) is 64.7 Å². The highest BCUT2D eigenvalue weighted by molar-refractivity contribution is 5.99. The Morgan fingerprint density at radius 3 is 2.44 bits per heavy atom. The molecule has 0 radical (unpaired) electrons. The number of nitrogens with zero attached hydrogens (tertiary/aromatic N) is 2. The number of piperazine rings is 1. The molecule has 2 heterocycles. The number of carbonyl (C=O) groups excluding carboxylic acids is 1. The van der Waals surface area contributed by atoms with Crippen LogP contribution in [0.3, 0.4) is 0 Å². The summed E-state index contributed by atoms with van der Waals surface area (Å²) in [6.45, 7) is 8.98. The van der Waals surface area contributed by atoms with Crippen molar-refractivity contribution in [3.8, 4) is 5.75 Å². The van der Waals surface area contributed by atoms with Gasteiger partial charge in [-0.2, -0.15) is 0 Å².